The molecule has 2 rings (SSSR count). The zero-order chi connectivity index (χ0) is 13.3. The van der Waals surface area contributed by atoms with Crippen LogP contribution in [-0.2, 0) is 17.3 Å². The molecule has 2 aromatic rings. The molecule has 1 aromatic heterocycles. The maximum absolute atomic E-state index is 13.2. The lowest BCUT2D eigenvalue weighted by Crippen LogP contribution is -2.10. The highest BCUT2D eigenvalue weighted by Gasteiger charge is 2.15. The maximum atomic E-state index is 13.2. The highest BCUT2D eigenvalue weighted by atomic mass is 35.5. The topological polar surface area (TPSA) is 34.9 Å². The number of aryl methyl sites for hydroxylation is 1. The van der Waals surface area contributed by atoms with Crippen LogP contribution in [0.1, 0.15) is 18.1 Å². The number of nitrogens with zero attached hydrogens (tertiary/aromatic N) is 2. The van der Waals surface area contributed by atoms with Crippen LogP contribution in [0.5, 0.6) is 0 Å². The normalized spacial score (nSPS) is 14.9. The van der Waals surface area contributed by atoms with Crippen molar-refractivity contribution >= 4 is 33.4 Å². The molecular formula is C12H14ClFN2OS. The fraction of sp³-hybridized carbons (Fsp3) is 0.417. The van der Waals surface area contributed by atoms with Crippen LogP contribution in [0.3, 0.4) is 0 Å². The molecule has 2 atom stereocenters. The van der Waals surface area contributed by atoms with Crippen LogP contribution in [0, 0.1) is 5.82 Å². The van der Waals surface area contributed by atoms with Crippen LogP contribution in [-0.4, -0.2) is 25.8 Å². The van der Waals surface area contributed by atoms with Crippen molar-refractivity contribution in [3.8, 4) is 0 Å². The van der Waals surface area contributed by atoms with Gasteiger partial charge in [-0.2, -0.15) is 0 Å². The zero-order valence-corrected chi connectivity index (χ0v) is 11.8. The first-order chi connectivity index (χ1) is 8.49. The van der Waals surface area contributed by atoms with E-state index in [-0.39, 0.29) is 11.2 Å². The second kappa shape index (κ2) is 5.36. The summed E-state index contributed by atoms with van der Waals surface area (Å²) in [7, 11) is -0.885. The van der Waals surface area contributed by atoms with Gasteiger partial charge < -0.3 is 4.57 Å². The van der Waals surface area contributed by atoms with E-state index in [9.17, 15) is 8.60 Å². The third kappa shape index (κ3) is 2.72. The van der Waals surface area contributed by atoms with Crippen LogP contribution >= 0.6 is 11.6 Å². The number of imidazole rings is 1. The van der Waals surface area contributed by atoms with Gasteiger partial charge in [0.15, 0.2) is 0 Å². The van der Waals surface area contributed by atoms with Crippen molar-refractivity contribution in [1.82, 2.24) is 9.55 Å². The van der Waals surface area contributed by atoms with E-state index < -0.39 is 10.8 Å². The molecule has 0 spiro atoms. The van der Waals surface area contributed by atoms with Crippen LogP contribution in [0.25, 0.3) is 11.0 Å². The summed E-state index contributed by atoms with van der Waals surface area (Å²) in [5.41, 5.74) is 1.41. The van der Waals surface area contributed by atoms with E-state index in [0.717, 1.165) is 5.52 Å². The van der Waals surface area contributed by atoms with Gasteiger partial charge in [-0.25, -0.2) is 9.37 Å². The Kier molecular flexibility index (Phi) is 4.02. The zero-order valence-electron chi connectivity index (χ0n) is 10.2. The molecule has 2 unspecified atom stereocenters. The van der Waals surface area contributed by atoms with Gasteiger partial charge in [-0.1, -0.05) is 0 Å². The molecule has 0 aliphatic heterocycles. The van der Waals surface area contributed by atoms with E-state index in [4.69, 9.17) is 11.6 Å². The fourth-order valence-corrected chi connectivity index (χ4v) is 2.49. The van der Waals surface area contributed by atoms with Crippen molar-refractivity contribution in [3.05, 3.63) is 29.8 Å². The van der Waals surface area contributed by atoms with Crippen LogP contribution < -0.4 is 0 Å². The summed E-state index contributed by atoms with van der Waals surface area (Å²) in [6.45, 7) is 2.39. The van der Waals surface area contributed by atoms with Gasteiger partial charge in [0, 0.05) is 35.4 Å². The molecule has 1 heterocycles. The van der Waals surface area contributed by atoms with Crippen molar-refractivity contribution in [2.75, 3.05) is 12.0 Å². The van der Waals surface area contributed by atoms with Crippen LogP contribution in [0.4, 0.5) is 4.39 Å². The second-order valence-electron chi connectivity index (χ2n) is 4.15. The third-order valence-electron chi connectivity index (χ3n) is 2.70. The predicted octanol–water partition coefficient (Wildman–Crippen LogP) is 2.85. The molecule has 0 fully saturated rings. The lowest BCUT2D eigenvalue weighted by Gasteiger charge is -2.09. The first-order valence-electron chi connectivity index (χ1n) is 5.59. The predicted molar refractivity (Wildman–Crippen MR) is 72.9 cm³/mol. The highest BCUT2D eigenvalue weighted by molar-refractivity contribution is 7.84. The summed E-state index contributed by atoms with van der Waals surface area (Å²) >= 11 is 6.08. The first-order valence-corrected chi connectivity index (χ1v) is 7.75. The first kappa shape index (κ1) is 13.5. The molecule has 0 saturated carbocycles. The molecule has 0 bridgehead atoms. The lowest BCUT2D eigenvalue weighted by molar-refractivity contribution is 0.629. The number of hydrogen-bond donors (Lipinski definition) is 0. The van der Waals surface area contributed by atoms with Gasteiger partial charge in [0.05, 0.1) is 16.4 Å². The molecule has 0 radical (unpaired) electrons. The summed E-state index contributed by atoms with van der Waals surface area (Å²) in [5, 5.41) is -0.272. The maximum Gasteiger partial charge on any atom is 0.127 e. The Labute approximate surface area is 112 Å². The average molecular weight is 289 g/mol. The Morgan fingerprint density at radius 2 is 2.28 bits per heavy atom. The summed E-state index contributed by atoms with van der Waals surface area (Å²) in [5.74, 6) is 0.891. The molecule has 0 N–H and O–H groups in total. The van der Waals surface area contributed by atoms with Gasteiger partial charge in [-0.3, -0.25) is 4.21 Å². The van der Waals surface area contributed by atoms with Crippen LogP contribution in [0.2, 0.25) is 0 Å². The van der Waals surface area contributed by atoms with Crippen molar-refractivity contribution in [2.45, 2.75) is 18.8 Å². The van der Waals surface area contributed by atoms with Crippen molar-refractivity contribution in [3.63, 3.8) is 0 Å². The monoisotopic (exact) mass is 288 g/mol. The summed E-state index contributed by atoms with van der Waals surface area (Å²) < 4.78 is 26.3. The van der Waals surface area contributed by atoms with E-state index in [1.165, 1.54) is 12.1 Å². The average Bonchev–Trinajstić information content (AvgIpc) is 2.64. The molecule has 3 nitrogen and oxygen atoms in total. The minimum atomic E-state index is -0.885. The molecule has 1 aromatic carbocycles. The summed E-state index contributed by atoms with van der Waals surface area (Å²) in [4.78, 5) is 4.34. The molecule has 18 heavy (non-hydrogen) atoms. The van der Waals surface area contributed by atoms with Crippen molar-refractivity contribution in [2.24, 2.45) is 0 Å². The Morgan fingerprint density at radius 3 is 2.89 bits per heavy atom. The number of fused-ring (bicyclic) bond motifs is 1. The van der Waals surface area contributed by atoms with E-state index in [1.54, 1.807) is 12.3 Å². The van der Waals surface area contributed by atoms with Gasteiger partial charge in [0.2, 0.25) is 0 Å². The molecule has 0 aliphatic rings. The Balaban J connectivity index is 2.52. The van der Waals surface area contributed by atoms with Gasteiger partial charge in [0.25, 0.3) is 0 Å². The number of aromatic nitrogens is 2. The summed E-state index contributed by atoms with van der Waals surface area (Å²) in [6.07, 6.45) is 1.66. The number of alkyl halides is 1. The molecule has 0 amide bonds. The minimum Gasteiger partial charge on any atom is -0.326 e. The Morgan fingerprint density at radius 1 is 1.56 bits per heavy atom. The molecule has 0 aliphatic carbocycles. The third-order valence-corrected chi connectivity index (χ3v) is 3.65. The molecule has 0 saturated heterocycles. The Bertz CT molecular complexity index is 597. The second-order valence-corrected chi connectivity index (χ2v) is 6.36. The van der Waals surface area contributed by atoms with E-state index >= 15 is 0 Å². The summed E-state index contributed by atoms with van der Waals surface area (Å²) in [6, 6.07) is 4.46. The van der Waals surface area contributed by atoms with Gasteiger partial charge >= 0.3 is 0 Å². The largest absolute Gasteiger partial charge is 0.326 e. The van der Waals surface area contributed by atoms with Gasteiger partial charge in [-0.05, 0) is 19.1 Å². The minimum absolute atomic E-state index is 0.272. The van der Waals surface area contributed by atoms with Crippen molar-refractivity contribution < 1.29 is 8.60 Å². The number of hydrogen-bond acceptors (Lipinski definition) is 2. The van der Waals surface area contributed by atoms with Gasteiger partial charge in [-0.15, -0.1) is 11.6 Å². The van der Waals surface area contributed by atoms with Gasteiger partial charge in [0.1, 0.15) is 11.6 Å². The SMILES string of the molecule is CC(Cl)c1nc2cc(F)ccc2n1CCS(C)=O. The van der Waals surface area contributed by atoms with E-state index in [1.807, 2.05) is 11.5 Å². The molecule has 98 valence electrons. The van der Waals surface area contributed by atoms with Crippen LogP contribution in [0.15, 0.2) is 18.2 Å². The molecular weight excluding hydrogens is 275 g/mol. The highest BCUT2D eigenvalue weighted by Crippen LogP contribution is 2.25. The fourth-order valence-electron chi connectivity index (χ4n) is 1.88. The standard InChI is InChI=1S/C12H14ClFN2OS/c1-8(13)12-15-10-7-9(14)3-4-11(10)16(12)5-6-18(2)17/h3-4,7-8H,5-6H2,1-2H3. The quantitative estimate of drug-likeness (QED) is 0.811. The smallest absolute Gasteiger partial charge is 0.127 e. The lowest BCUT2D eigenvalue weighted by atomic mass is 10.3. The van der Waals surface area contributed by atoms with E-state index in [0.29, 0.717) is 23.6 Å². The number of rotatable bonds is 4. The van der Waals surface area contributed by atoms with E-state index in [2.05, 4.69) is 4.98 Å². The Hall–Kier alpha value is -0.940. The molecule has 6 heteroatoms. The number of halogens is 2. The van der Waals surface area contributed by atoms with Crippen molar-refractivity contribution in [1.29, 1.82) is 0 Å². The number of benzene rings is 1.